The molecule has 0 saturated heterocycles. The topological polar surface area (TPSA) is 37.8 Å². The molecule has 1 aromatic carbocycles. The number of rotatable bonds is 3. The van der Waals surface area contributed by atoms with Crippen LogP contribution in [-0.4, -0.2) is 9.97 Å². The third-order valence-electron chi connectivity index (χ3n) is 2.14. The molecule has 1 heterocycles. The van der Waals surface area contributed by atoms with Crippen LogP contribution in [0.2, 0.25) is 0 Å². The van der Waals surface area contributed by atoms with Gasteiger partial charge in [-0.25, -0.2) is 9.97 Å². The highest BCUT2D eigenvalue weighted by atomic mass is 14.9. The first-order valence-corrected chi connectivity index (χ1v) is 4.93. The molecule has 0 radical (unpaired) electrons. The van der Waals surface area contributed by atoms with E-state index in [1.807, 2.05) is 24.3 Å². The Morgan fingerprint density at radius 2 is 2.06 bits per heavy atom. The van der Waals surface area contributed by atoms with Crippen molar-refractivity contribution in [2.24, 2.45) is 0 Å². The smallest absolute Gasteiger partial charge is 0.115 e. The van der Waals surface area contributed by atoms with E-state index in [4.69, 9.17) is 6.42 Å². The summed E-state index contributed by atoms with van der Waals surface area (Å²) in [5, 5.41) is 3.26. The number of hydrogen-bond donors (Lipinski definition) is 1. The van der Waals surface area contributed by atoms with Gasteiger partial charge in [0.05, 0.1) is 0 Å². The Balaban J connectivity index is 2.03. The zero-order valence-electron chi connectivity index (χ0n) is 8.72. The van der Waals surface area contributed by atoms with Crippen molar-refractivity contribution in [2.75, 3.05) is 5.32 Å². The summed E-state index contributed by atoms with van der Waals surface area (Å²) in [5.74, 6) is 2.60. The predicted octanol–water partition coefficient (Wildman–Crippen LogP) is 2.07. The van der Waals surface area contributed by atoms with E-state index in [-0.39, 0.29) is 0 Å². The fourth-order valence-electron chi connectivity index (χ4n) is 1.34. The average molecular weight is 209 g/mol. The molecule has 3 heteroatoms. The van der Waals surface area contributed by atoms with Gasteiger partial charge in [-0.1, -0.05) is 12.0 Å². The molecule has 2 aromatic rings. The van der Waals surface area contributed by atoms with Crippen molar-refractivity contribution in [3.05, 3.63) is 54.1 Å². The molecule has 0 aliphatic carbocycles. The van der Waals surface area contributed by atoms with Gasteiger partial charge < -0.3 is 5.32 Å². The van der Waals surface area contributed by atoms with Crippen LogP contribution in [-0.2, 0) is 6.54 Å². The van der Waals surface area contributed by atoms with Gasteiger partial charge in [0.25, 0.3) is 0 Å². The van der Waals surface area contributed by atoms with Crippen molar-refractivity contribution in [3.8, 4) is 12.3 Å². The molecule has 0 unspecified atom stereocenters. The predicted molar refractivity (Wildman–Crippen MR) is 63.7 cm³/mol. The molecule has 2 rings (SSSR count). The van der Waals surface area contributed by atoms with Crippen LogP contribution in [0.4, 0.5) is 5.69 Å². The molecule has 0 aliphatic heterocycles. The Hall–Kier alpha value is -2.34. The monoisotopic (exact) mass is 209 g/mol. The summed E-state index contributed by atoms with van der Waals surface area (Å²) in [7, 11) is 0. The minimum absolute atomic E-state index is 0.689. The van der Waals surface area contributed by atoms with Crippen LogP contribution >= 0.6 is 0 Å². The van der Waals surface area contributed by atoms with Crippen molar-refractivity contribution < 1.29 is 0 Å². The van der Waals surface area contributed by atoms with E-state index in [9.17, 15) is 0 Å². The van der Waals surface area contributed by atoms with Gasteiger partial charge in [0, 0.05) is 35.8 Å². The van der Waals surface area contributed by atoms with Gasteiger partial charge in [-0.2, -0.15) is 0 Å². The molecule has 0 amide bonds. The lowest BCUT2D eigenvalue weighted by Crippen LogP contribution is -2.00. The largest absolute Gasteiger partial charge is 0.381 e. The SMILES string of the molecule is C#Cc1cccc(NCc2cncnc2)c1. The normalized spacial score (nSPS) is 9.44. The fraction of sp³-hybridized carbons (Fsp3) is 0.0769. The van der Waals surface area contributed by atoms with E-state index in [0.717, 1.165) is 16.8 Å². The molecule has 3 nitrogen and oxygen atoms in total. The average Bonchev–Trinajstić information content (AvgIpc) is 2.38. The highest BCUT2D eigenvalue weighted by Crippen LogP contribution is 2.10. The first-order chi connectivity index (χ1) is 7.88. The number of aromatic nitrogens is 2. The van der Waals surface area contributed by atoms with Gasteiger partial charge in [-0.3, -0.25) is 0 Å². The third kappa shape index (κ3) is 2.58. The van der Waals surface area contributed by atoms with Crippen LogP contribution in [0.25, 0.3) is 0 Å². The number of terminal acetylenes is 1. The van der Waals surface area contributed by atoms with E-state index in [1.165, 1.54) is 6.33 Å². The first-order valence-electron chi connectivity index (χ1n) is 4.93. The van der Waals surface area contributed by atoms with Crippen LogP contribution in [0.1, 0.15) is 11.1 Å². The molecule has 0 saturated carbocycles. The molecular weight excluding hydrogens is 198 g/mol. The zero-order valence-corrected chi connectivity index (χ0v) is 8.72. The summed E-state index contributed by atoms with van der Waals surface area (Å²) in [6.45, 7) is 0.689. The van der Waals surface area contributed by atoms with Crippen molar-refractivity contribution in [1.82, 2.24) is 9.97 Å². The van der Waals surface area contributed by atoms with Crippen LogP contribution < -0.4 is 5.32 Å². The highest BCUT2D eigenvalue weighted by molar-refractivity contribution is 5.50. The molecule has 78 valence electrons. The van der Waals surface area contributed by atoms with Gasteiger partial charge in [0.1, 0.15) is 6.33 Å². The highest BCUT2D eigenvalue weighted by Gasteiger charge is 1.95. The summed E-state index contributed by atoms with van der Waals surface area (Å²) in [6, 6.07) is 7.74. The van der Waals surface area contributed by atoms with Crippen LogP contribution in [0, 0.1) is 12.3 Å². The number of hydrogen-bond acceptors (Lipinski definition) is 3. The lowest BCUT2D eigenvalue weighted by atomic mass is 10.2. The molecule has 0 spiro atoms. The van der Waals surface area contributed by atoms with Gasteiger partial charge in [-0.05, 0) is 18.2 Å². The van der Waals surface area contributed by atoms with E-state index in [2.05, 4.69) is 21.2 Å². The maximum Gasteiger partial charge on any atom is 0.115 e. The van der Waals surface area contributed by atoms with Gasteiger partial charge in [-0.15, -0.1) is 6.42 Å². The van der Waals surface area contributed by atoms with Crippen molar-refractivity contribution in [2.45, 2.75) is 6.54 Å². The zero-order chi connectivity index (χ0) is 11.2. The maximum absolute atomic E-state index is 5.33. The number of benzene rings is 1. The summed E-state index contributed by atoms with van der Waals surface area (Å²) in [6.07, 6.45) is 10.4. The molecule has 1 aromatic heterocycles. The van der Waals surface area contributed by atoms with E-state index in [1.54, 1.807) is 12.4 Å². The molecule has 1 N–H and O–H groups in total. The standard InChI is InChI=1S/C13H11N3/c1-2-11-4-3-5-13(6-11)16-9-12-7-14-10-15-8-12/h1,3-8,10,16H,9H2. The maximum atomic E-state index is 5.33. The van der Waals surface area contributed by atoms with Crippen LogP contribution in [0.5, 0.6) is 0 Å². The quantitative estimate of drug-likeness (QED) is 0.786. The van der Waals surface area contributed by atoms with E-state index in [0.29, 0.717) is 6.54 Å². The Morgan fingerprint density at radius 3 is 2.81 bits per heavy atom. The Kier molecular flexibility index (Phi) is 3.15. The Morgan fingerprint density at radius 1 is 1.25 bits per heavy atom. The minimum atomic E-state index is 0.689. The second-order valence-electron chi connectivity index (χ2n) is 3.33. The second-order valence-corrected chi connectivity index (χ2v) is 3.33. The molecule has 0 bridgehead atoms. The van der Waals surface area contributed by atoms with Crippen LogP contribution in [0.15, 0.2) is 43.0 Å². The number of nitrogens with zero attached hydrogens (tertiary/aromatic N) is 2. The molecule has 0 aliphatic rings. The Labute approximate surface area is 94.6 Å². The first kappa shape index (κ1) is 10.2. The van der Waals surface area contributed by atoms with Crippen molar-refractivity contribution in [3.63, 3.8) is 0 Å². The number of nitrogens with one attached hydrogen (secondary N) is 1. The summed E-state index contributed by atoms with van der Waals surface area (Å²) in [4.78, 5) is 7.89. The molecule has 0 fully saturated rings. The van der Waals surface area contributed by atoms with Crippen LogP contribution in [0.3, 0.4) is 0 Å². The minimum Gasteiger partial charge on any atom is -0.381 e. The molecular formula is C13H11N3. The fourth-order valence-corrected chi connectivity index (χ4v) is 1.34. The van der Waals surface area contributed by atoms with Crippen molar-refractivity contribution >= 4 is 5.69 Å². The van der Waals surface area contributed by atoms with E-state index >= 15 is 0 Å². The van der Waals surface area contributed by atoms with Gasteiger partial charge >= 0.3 is 0 Å². The van der Waals surface area contributed by atoms with Gasteiger partial charge in [0.15, 0.2) is 0 Å². The third-order valence-corrected chi connectivity index (χ3v) is 2.14. The van der Waals surface area contributed by atoms with Crippen molar-refractivity contribution in [1.29, 1.82) is 0 Å². The van der Waals surface area contributed by atoms with Gasteiger partial charge in [0.2, 0.25) is 0 Å². The Bertz CT molecular complexity index is 500. The van der Waals surface area contributed by atoms with E-state index < -0.39 is 0 Å². The molecule has 0 atom stereocenters. The summed E-state index contributed by atoms with van der Waals surface area (Å²) >= 11 is 0. The molecule has 16 heavy (non-hydrogen) atoms. The lowest BCUT2D eigenvalue weighted by molar-refractivity contribution is 1.05. The summed E-state index contributed by atoms with van der Waals surface area (Å²) < 4.78 is 0. The second kappa shape index (κ2) is 4.94. The lowest BCUT2D eigenvalue weighted by Gasteiger charge is -2.05. The summed E-state index contributed by atoms with van der Waals surface area (Å²) in [5.41, 5.74) is 2.90. The number of anilines is 1.